The number of pyridine rings is 1. The molecule has 0 aliphatic heterocycles. The van der Waals surface area contributed by atoms with E-state index < -0.39 is 0 Å². The van der Waals surface area contributed by atoms with Crippen molar-refractivity contribution in [2.75, 3.05) is 0 Å². The first-order valence-electron chi connectivity index (χ1n) is 16.9. The summed E-state index contributed by atoms with van der Waals surface area (Å²) in [5.74, 6) is 0. The predicted molar refractivity (Wildman–Crippen MR) is 212 cm³/mol. The van der Waals surface area contributed by atoms with Crippen LogP contribution in [0, 0.1) is 0 Å². The minimum atomic E-state index is 0.935. The lowest BCUT2D eigenvalue weighted by Crippen LogP contribution is -2.24. The predicted octanol–water partition coefficient (Wildman–Crippen LogP) is 11.6. The standard InChI is InChI=1S/C48H33N/c1-3-4-13-32-22-24-34-26-29-45(49-48(34)31(32)2)39-27-28-44(38-17-8-7-16-37(38)39)47-42-20-11-9-18-40(42)46(41-19-10-12-21-43(41)47)36-25-23-33-14-5-6-15-35(33)30-36/h3-30H,2H2,1H3/b4-3-,32-13-. The highest BCUT2D eigenvalue weighted by molar-refractivity contribution is 6.24. The van der Waals surface area contributed by atoms with Gasteiger partial charge in [0.2, 0.25) is 0 Å². The number of benzene rings is 8. The van der Waals surface area contributed by atoms with Gasteiger partial charge in [-0.2, -0.15) is 0 Å². The molecule has 1 heterocycles. The highest BCUT2D eigenvalue weighted by Gasteiger charge is 2.19. The van der Waals surface area contributed by atoms with Gasteiger partial charge in [-0.15, -0.1) is 0 Å². The smallest absolute Gasteiger partial charge is 0.0781 e. The normalized spacial score (nSPS) is 12.3. The van der Waals surface area contributed by atoms with Crippen LogP contribution >= 0.6 is 0 Å². The van der Waals surface area contributed by atoms with Gasteiger partial charge in [-0.3, -0.25) is 0 Å². The molecule has 0 aliphatic rings. The van der Waals surface area contributed by atoms with Crippen molar-refractivity contribution in [1.29, 1.82) is 0 Å². The fraction of sp³-hybridized carbons (Fsp3) is 0.0208. The van der Waals surface area contributed by atoms with Crippen molar-refractivity contribution in [3.05, 3.63) is 174 Å². The number of nitrogens with zero attached hydrogens (tertiary/aromatic N) is 1. The van der Waals surface area contributed by atoms with E-state index in [1.807, 2.05) is 19.1 Å². The lowest BCUT2D eigenvalue weighted by atomic mass is 9.84. The van der Waals surface area contributed by atoms with Crippen LogP contribution in [0.1, 0.15) is 6.92 Å². The van der Waals surface area contributed by atoms with Gasteiger partial charge in [0.15, 0.2) is 0 Å². The molecule has 0 bridgehead atoms. The van der Waals surface area contributed by atoms with E-state index in [9.17, 15) is 0 Å². The number of rotatable bonds is 4. The maximum atomic E-state index is 5.23. The Morgan fingerprint density at radius 1 is 0.490 bits per heavy atom. The van der Waals surface area contributed by atoms with Crippen molar-refractivity contribution >= 4 is 66.6 Å². The molecule has 8 aromatic carbocycles. The van der Waals surface area contributed by atoms with Gasteiger partial charge in [-0.25, -0.2) is 4.98 Å². The number of allylic oxidation sites excluding steroid dienone is 2. The molecule has 0 amide bonds. The number of hydrogen-bond acceptors (Lipinski definition) is 1. The average Bonchev–Trinajstić information content (AvgIpc) is 3.16. The molecule has 1 nitrogen and oxygen atoms in total. The molecule has 0 fully saturated rings. The van der Waals surface area contributed by atoms with Crippen molar-refractivity contribution < 1.29 is 0 Å². The van der Waals surface area contributed by atoms with Crippen LogP contribution in [-0.4, -0.2) is 4.98 Å². The summed E-state index contributed by atoms with van der Waals surface area (Å²) in [6.45, 7) is 6.45. The zero-order valence-corrected chi connectivity index (χ0v) is 27.3. The Labute approximate surface area is 285 Å². The summed E-state index contributed by atoms with van der Waals surface area (Å²) in [4.78, 5) is 5.23. The van der Waals surface area contributed by atoms with Crippen LogP contribution in [0.4, 0.5) is 0 Å². The van der Waals surface area contributed by atoms with Crippen molar-refractivity contribution in [3.63, 3.8) is 0 Å². The van der Waals surface area contributed by atoms with Gasteiger partial charge in [0.25, 0.3) is 0 Å². The molecule has 0 N–H and O–H groups in total. The molecule has 0 aliphatic carbocycles. The molecule has 9 rings (SSSR count). The summed E-state index contributed by atoms with van der Waals surface area (Å²) in [5, 5.41) is 13.0. The fourth-order valence-corrected chi connectivity index (χ4v) is 7.58. The number of hydrogen-bond donors (Lipinski definition) is 0. The minimum absolute atomic E-state index is 0.935. The third kappa shape index (κ3) is 4.74. The van der Waals surface area contributed by atoms with Gasteiger partial charge >= 0.3 is 0 Å². The van der Waals surface area contributed by atoms with Crippen molar-refractivity contribution in [2.24, 2.45) is 0 Å². The lowest BCUT2D eigenvalue weighted by molar-refractivity contribution is 1.38. The van der Waals surface area contributed by atoms with Gasteiger partial charge in [0, 0.05) is 16.2 Å². The van der Waals surface area contributed by atoms with Crippen LogP contribution in [0.5, 0.6) is 0 Å². The van der Waals surface area contributed by atoms with Gasteiger partial charge < -0.3 is 0 Å². The third-order valence-corrected chi connectivity index (χ3v) is 9.91. The van der Waals surface area contributed by atoms with Crippen LogP contribution in [0.2, 0.25) is 0 Å². The van der Waals surface area contributed by atoms with E-state index in [0.29, 0.717) is 0 Å². The largest absolute Gasteiger partial charge is 0.247 e. The zero-order valence-electron chi connectivity index (χ0n) is 27.3. The first-order chi connectivity index (χ1) is 24.2. The van der Waals surface area contributed by atoms with E-state index in [1.54, 1.807) is 0 Å². The zero-order chi connectivity index (χ0) is 32.9. The quantitative estimate of drug-likeness (QED) is 0.178. The van der Waals surface area contributed by atoms with Crippen LogP contribution in [-0.2, 0) is 0 Å². The van der Waals surface area contributed by atoms with Crippen LogP contribution in [0.3, 0.4) is 0 Å². The molecule has 0 radical (unpaired) electrons. The van der Waals surface area contributed by atoms with Crippen molar-refractivity contribution in [1.82, 2.24) is 4.98 Å². The van der Waals surface area contributed by atoms with Crippen LogP contribution < -0.4 is 10.4 Å². The summed E-state index contributed by atoms with van der Waals surface area (Å²) < 4.78 is 0. The first-order valence-corrected chi connectivity index (χ1v) is 16.9. The van der Waals surface area contributed by atoms with Gasteiger partial charge in [-0.1, -0.05) is 164 Å². The van der Waals surface area contributed by atoms with Gasteiger partial charge in [0.1, 0.15) is 0 Å². The third-order valence-electron chi connectivity index (χ3n) is 9.91. The summed E-state index contributed by atoms with van der Waals surface area (Å²) >= 11 is 0. The second-order valence-electron chi connectivity index (χ2n) is 12.7. The van der Waals surface area contributed by atoms with Crippen molar-refractivity contribution in [2.45, 2.75) is 6.92 Å². The Morgan fingerprint density at radius 3 is 1.73 bits per heavy atom. The van der Waals surface area contributed by atoms with Gasteiger partial charge in [0.05, 0.1) is 11.2 Å². The van der Waals surface area contributed by atoms with Crippen LogP contribution in [0.25, 0.3) is 100 Å². The summed E-state index contributed by atoms with van der Waals surface area (Å²) in [6.07, 6.45) is 6.18. The molecular weight excluding hydrogens is 591 g/mol. The molecule has 230 valence electrons. The Bertz CT molecular complexity index is 2850. The van der Waals surface area contributed by atoms with Crippen molar-refractivity contribution in [3.8, 4) is 33.5 Å². The minimum Gasteiger partial charge on any atom is -0.247 e. The second-order valence-corrected chi connectivity index (χ2v) is 12.7. The van der Waals surface area contributed by atoms with E-state index in [4.69, 9.17) is 4.98 Å². The maximum Gasteiger partial charge on any atom is 0.0781 e. The SMILES string of the molecule is C=c1/c(=C\C=C/C)ccc2ccc(-c3ccc(-c4c5ccccc5c(-c5ccc6ccccc6c5)c5ccccc45)c4ccccc34)nc12. The monoisotopic (exact) mass is 623 g/mol. The summed E-state index contributed by atoms with van der Waals surface area (Å²) in [7, 11) is 0. The molecule has 0 atom stereocenters. The molecule has 1 heteroatoms. The molecular formula is C48H33N. The maximum absolute atomic E-state index is 5.23. The number of fused-ring (bicyclic) bond motifs is 5. The average molecular weight is 624 g/mol. The molecule has 0 saturated carbocycles. The highest BCUT2D eigenvalue weighted by Crippen LogP contribution is 2.46. The van der Waals surface area contributed by atoms with E-state index >= 15 is 0 Å². The second kappa shape index (κ2) is 11.7. The van der Waals surface area contributed by atoms with Gasteiger partial charge in [-0.05, 0) is 89.6 Å². The molecule has 0 saturated heterocycles. The first kappa shape index (κ1) is 28.9. The van der Waals surface area contributed by atoms with E-state index in [1.165, 1.54) is 65.3 Å². The van der Waals surface area contributed by atoms with E-state index in [2.05, 4.69) is 164 Å². The lowest BCUT2D eigenvalue weighted by Gasteiger charge is -2.20. The van der Waals surface area contributed by atoms with E-state index in [0.717, 1.165) is 32.6 Å². The Morgan fingerprint density at radius 2 is 1.04 bits per heavy atom. The Kier molecular flexibility index (Phi) is 6.92. The molecule has 0 spiro atoms. The van der Waals surface area contributed by atoms with Crippen LogP contribution in [0.15, 0.2) is 164 Å². The topological polar surface area (TPSA) is 12.9 Å². The summed E-state index contributed by atoms with van der Waals surface area (Å²) in [6, 6.07) is 55.1. The summed E-state index contributed by atoms with van der Waals surface area (Å²) in [5.41, 5.74) is 7.99. The molecule has 0 unspecified atom stereocenters. The Balaban J connectivity index is 1.31. The Hall–Kier alpha value is -6.31. The van der Waals surface area contributed by atoms with E-state index in [-0.39, 0.29) is 0 Å². The fourth-order valence-electron chi connectivity index (χ4n) is 7.58. The molecule has 9 aromatic rings. The highest BCUT2D eigenvalue weighted by atomic mass is 14.7. The number of aromatic nitrogens is 1. The molecule has 1 aromatic heterocycles. The molecule has 49 heavy (non-hydrogen) atoms.